The second-order valence-electron chi connectivity index (χ2n) is 6.95. The van der Waals surface area contributed by atoms with Gasteiger partial charge in [0.05, 0.1) is 11.7 Å². The van der Waals surface area contributed by atoms with Crippen LogP contribution in [0.3, 0.4) is 0 Å². The minimum atomic E-state index is 0.166. The SMILES string of the molecule is CC1=CC[C@]2(CC1)O[C@@H]1CC[C@@]2(C)C1(C)C. The van der Waals surface area contributed by atoms with Gasteiger partial charge in [0, 0.05) is 5.41 Å². The zero-order valence-electron chi connectivity index (χ0n) is 11.1. The molecule has 16 heavy (non-hydrogen) atoms. The van der Waals surface area contributed by atoms with E-state index in [0.717, 1.165) is 6.42 Å². The molecule has 2 fully saturated rings. The molecular formula is C15H24O. The zero-order chi connectivity index (χ0) is 11.6. The molecule has 0 aromatic rings. The Morgan fingerprint density at radius 2 is 2.00 bits per heavy atom. The molecule has 1 spiro atoms. The molecule has 0 aromatic carbocycles. The zero-order valence-corrected chi connectivity index (χ0v) is 11.1. The number of ether oxygens (including phenoxy) is 1. The number of hydrogen-bond donors (Lipinski definition) is 0. The van der Waals surface area contributed by atoms with Gasteiger partial charge < -0.3 is 4.74 Å². The molecule has 1 aliphatic heterocycles. The summed E-state index contributed by atoms with van der Waals surface area (Å²) < 4.78 is 6.51. The number of rotatable bonds is 0. The van der Waals surface area contributed by atoms with Crippen molar-refractivity contribution >= 4 is 0 Å². The molecule has 0 N–H and O–H groups in total. The van der Waals surface area contributed by atoms with Gasteiger partial charge in [0.1, 0.15) is 0 Å². The van der Waals surface area contributed by atoms with Gasteiger partial charge in [0.25, 0.3) is 0 Å². The highest BCUT2D eigenvalue weighted by molar-refractivity contribution is 5.22. The number of hydrogen-bond acceptors (Lipinski definition) is 1. The molecular weight excluding hydrogens is 196 g/mol. The Hall–Kier alpha value is -0.300. The minimum Gasteiger partial charge on any atom is -0.370 e. The van der Waals surface area contributed by atoms with Crippen LogP contribution in [-0.2, 0) is 4.74 Å². The van der Waals surface area contributed by atoms with E-state index in [-0.39, 0.29) is 5.60 Å². The average Bonchev–Trinajstić information content (AvgIpc) is 2.54. The summed E-state index contributed by atoms with van der Waals surface area (Å²) >= 11 is 0. The van der Waals surface area contributed by atoms with E-state index >= 15 is 0 Å². The first kappa shape index (κ1) is 10.8. The molecule has 0 aromatic heterocycles. The highest BCUT2D eigenvalue weighted by Gasteiger charge is 2.69. The van der Waals surface area contributed by atoms with Gasteiger partial charge in [-0.3, -0.25) is 0 Å². The van der Waals surface area contributed by atoms with Crippen molar-refractivity contribution in [2.75, 3.05) is 0 Å². The van der Waals surface area contributed by atoms with E-state index in [1.165, 1.54) is 25.7 Å². The van der Waals surface area contributed by atoms with Crippen molar-refractivity contribution in [3.63, 3.8) is 0 Å². The van der Waals surface area contributed by atoms with Crippen molar-refractivity contribution in [3.05, 3.63) is 11.6 Å². The summed E-state index contributed by atoms with van der Waals surface area (Å²) in [5, 5.41) is 0. The summed E-state index contributed by atoms with van der Waals surface area (Å²) in [6.07, 6.45) is 9.18. The largest absolute Gasteiger partial charge is 0.370 e. The van der Waals surface area contributed by atoms with Crippen molar-refractivity contribution in [2.24, 2.45) is 10.8 Å². The molecule has 3 aliphatic rings. The summed E-state index contributed by atoms with van der Waals surface area (Å²) in [5.74, 6) is 0. The van der Waals surface area contributed by atoms with Crippen LogP contribution in [0.1, 0.15) is 59.8 Å². The molecule has 90 valence electrons. The first-order valence-corrected chi connectivity index (χ1v) is 6.75. The smallest absolute Gasteiger partial charge is 0.0783 e. The Morgan fingerprint density at radius 3 is 2.44 bits per heavy atom. The van der Waals surface area contributed by atoms with Gasteiger partial charge >= 0.3 is 0 Å². The molecule has 1 nitrogen and oxygen atoms in total. The van der Waals surface area contributed by atoms with Crippen LogP contribution in [0.4, 0.5) is 0 Å². The van der Waals surface area contributed by atoms with Crippen LogP contribution in [0.5, 0.6) is 0 Å². The predicted molar refractivity (Wildman–Crippen MR) is 66.3 cm³/mol. The molecule has 1 saturated heterocycles. The van der Waals surface area contributed by atoms with E-state index in [1.807, 2.05) is 0 Å². The third kappa shape index (κ3) is 1.01. The molecule has 0 radical (unpaired) electrons. The normalized spacial score (nSPS) is 49.8. The molecule has 3 rings (SSSR count). The monoisotopic (exact) mass is 220 g/mol. The summed E-state index contributed by atoms with van der Waals surface area (Å²) in [6.45, 7) is 9.58. The van der Waals surface area contributed by atoms with Crippen LogP contribution in [0.25, 0.3) is 0 Å². The van der Waals surface area contributed by atoms with E-state index < -0.39 is 0 Å². The Morgan fingerprint density at radius 1 is 1.25 bits per heavy atom. The third-order valence-corrected chi connectivity index (χ3v) is 6.21. The van der Waals surface area contributed by atoms with Crippen LogP contribution in [-0.4, -0.2) is 11.7 Å². The fraction of sp³-hybridized carbons (Fsp3) is 0.867. The highest BCUT2D eigenvalue weighted by atomic mass is 16.5. The Bertz CT molecular complexity index is 354. The van der Waals surface area contributed by atoms with Crippen molar-refractivity contribution in [1.82, 2.24) is 0 Å². The maximum atomic E-state index is 6.51. The topological polar surface area (TPSA) is 9.23 Å². The van der Waals surface area contributed by atoms with Crippen molar-refractivity contribution in [3.8, 4) is 0 Å². The molecule has 1 heteroatoms. The van der Waals surface area contributed by atoms with Gasteiger partial charge in [-0.25, -0.2) is 0 Å². The lowest BCUT2D eigenvalue weighted by Crippen LogP contribution is -2.48. The lowest BCUT2D eigenvalue weighted by atomic mass is 9.58. The lowest BCUT2D eigenvalue weighted by Gasteiger charge is -2.48. The van der Waals surface area contributed by atoms with Crippen molar-refractivity contribution < 1.29 is 4.74 Å². The van der Waals surface area contributed by atoms with Crippen LogP contribution >= 0.6 is 0 Å². The minimum absolute atomic E-state index is 0.166. The molecule has 0 amide bonds. The highest BCUT2D eigenvalue weighted by Crippen LogP contribution is 2.69. The van der Waals surface area contributed by atoms with Crippen LogP contribution in [0.2, 0.25) is 0 Å². The first-order chi connectivity index (χ1) is 7.41. The van der Waals surface area contributed by atoms with Crippen LogP contribution in [0.15, 0.2) is 11.6 Å². The fourth-order valence-electron chi connectivity index (χ4n) is 4.43. The van der Waals surface area contributed by atoms with Gasteiger partial charge in [-0.15, -0.1) is 0 Å². The summed E-state index contributed by atoms with van der Waals surface area (Å²) in [4.78, 5) is 0. The molecule has 1 heterocycles. The molecule has 3 atom stereocenters. The van der Waals surface area contributed by atoms with Crippen molar-refractivity contribution in [1.29, 1.82) is 0 Å². The maximum Gasteiger partial charge on any atom is 0.0783 e. The Balaban J connectivity index is 2.01. The second kappa shape index (κ2) is 2.93. The van der Waals surface area contributed by atoms with Gasteiger partial charge in [-0.1, -0.05) is 32.4 Å². The number of allylic oxidation sites excluding steroid dienone is 1. The van der Waals surface area contributed by atoms with Gasteiger partial charge in [-0.2, -0.15) is 0 Å². The van der Waals surface area contributed by atoms with E-state index in [0.29, 0.717) is 16.9 Å². The Labute approximate surface area is 99.3 Å². The van der Waals surface area contributed by atoms with E-state index in [2.05, 4.69) is 33.8 Å². The molecule has 2 bridgehead atoms. The quantitative estimate of drug-likeness (QED) is 0.559. The maximum absolute atomic E-state index is 6.51. The standard InChI is InChI=1S/C15H24O/c1-11-5-9-15(10-6-11)14(4)8-7-12(16-15)13(14,2)3/h5,12H,6-10H2,1-4H3/t12-,14+,15-/m1/s1. The summed E-state index contributed by atoms with van der Waals surface area (Å²) in [5.41, 5.74) is 2.48. The van der Waals surface area contributed by atoms with E-state index in [1.54, 1.807) is 5.57 Å². The molecule has 2 aliphatic carbocycles. The predicted octanol–water partition coefficient (Wildman–Crippen LogP) is 4.08. The summed E-state index contributed by atoms with van der Waals surface area (Å²) in [7, 11) is 0. The van der Waals surface area contributed by atoms with Crippen LogP contribution < -0.4 is 0 Å². The average molecular weight is 220 g/mol. The van der Waals surface area contributed by atoms with E-state index in [9.17, 15) is 0 Å². The molecule has 0 unspecified atom stereocenters. The van der Waals surface area contributed by atoms with Crippen LogP contribution in [0, 0.1) is 10.8 Å². The van der Waals surface area contributed by atoms with E-state index in [4.69, 9.17) is 4.74 Å². The first-order valence-electron chi connectivity index (χ1n) is 6.75. The second-order valence-corrected chi connectivity index (χ2v) is 6.95. The van der Waals surface area contributed by atoms with Gasteiger partial charge in [0.15, 0.2) is 0 Å². The molecule has 1 saturated carbocycles. The Kier molecular flexibility index (Phi) is 1.98. The number of fused-ring (bicyclic) bond motifs is 3. The van der Waals surface area contributed by atoms with Crippen molar-refractivity contribution in [2.45, 2.75) is 71.5 Å². The summed E-state index contributed by atoms with van der Waals surface area (Å²) in [6, 6.07) is 0. The lowest BCUT2D eigenvalue weighted by molar-refractivity contribution is -0.121. The third-order valence-electron chi connectivity index (χ3n) is 6.21. The fourth-order valence-corrected chi connectivity index (χ4v) is 4.43. The van der Waals surface area contributed by atoms with Gasteiger partial charge in [0.2, 0.25) is 0 Å². The van der Waals surface area contributed by atoms with Gasteiger partial charge in [-0.05, 0) is 44.4 Å².